The predicted octanol–water partition coefficient (Wildman–Crippen LogP) is 4.12. The standard InChI is InChI=1S/C19H21NO4S/c1-11-7-8-13-15(9-11)25-18(16(13)19(22)24-3)20-10-12-5-4-6-14(23-2)17(12)21/h4-6,10-11,21H,7-9H2,1-3H3/b20-10+/t11-/m1/s1. The first kappa shape index (κ1) is 17.5. The average molecular weight is 359 g/mol. The van der Waals surface area contributed by atoms with Crippen LogP contribution >= 0.6 is 11.3 Å². The molecule has 0 saturated heterocycles. The molecule has 3 rings (SSSR count). The molecule has 0 unspecified atom stereocenters. The summed E-state index contributed by atoms with van der Waals surface area (Å²) in [6.07, 6.45) is 4.46. The maximum atomic E-state index is 12.3. The van der Waals surface area contributed by atoms with Gasteiger partial charge in [0, 0.05) is 16.7 Å². The minimum absolute atomic E-state index is 0.0308. The van der Waals surface area contributed by atoms with Crippen molar-refractivity contribution < 1.29 is 19.4 Å². The molecule has 1 heterocycles. The molecule has 0 bridgehead atoms. The number of ether oxygens (including phenoxy) is 2. The van der Waals surface area contributed by atoms with Gasteiger partial charge in [-0.2, -0.15) is 0 Å². The predicted molar refractivity (Wildman–Crippen MR) is 98.8 cm³/mol. The van der Waals surface area contributed by atoms with Crippen molar-refractivity contribution in [2.24, 2.45) is 10.9 Å². The Kier molecular flexibility index (Phi) is 5.08. The molecule has 1 aliphatic carbocycles. The lowest BCUT2D eigenvalue weighted by Crippen LogP contribution is -2.12. The fourth-order valence-corrected chi connectivity index (χ4v) is 4.42. The molecular formula is C19H21NO4S. The van der Waals surface area contributed by atoms with Crippen molar-refractivity contribution in [2.75, 3.05) is 14.2 Å². The number of hydrogen-bond acceptors (Lipinski definition) is 6. The number of esters is 1. The molecule has 1 aromatic heterocycles. The summed E-state index contributed by atoms with van der Waals surface area (Å²) in [7, 11) is 2.89. The first-order valence-corrected chi connectivity index (χ1v) is 8.99. The van der Waals surface area contributed by atoms with Gasteiger partial charge in [0.15, 0.2) is 11.5 Å². The molecule has 1 atom stereocenters. The van der Waals surface area contributed by atoms with Crippen molar-refractivity contribution in [1.82, 2.24) is 0 Å². The Bertz CT molecular complexity index is 825. The highest BCUT2D eigenvalue weighted by Gasteiger charge is 2.27. The highest BCUT2D eigenvalue weighted by atomic mass is 32.1. The minimum atomic E-state index is -0.353. The van der Waals surface area contributed by atoms with E-state index in [2.05, 4.69) is 11.9 Å². The van der Waals surface area contributed by atoms with Gasteiger partial charge < -0.3 is 14.6 Å². The summed E-state index contributed by atoms with van der Waals surface area (Å²) in [6, 6.07) is 5.20. The molecule has 0 amide bonds. The molecule has 2 aromatic rings. The third kappa shape index (κ3) is 3.39. The van der Waals surface area contributed by atoms with Gasteiger partial charge in [0.2, 0.25) is 0 Å². The lowest BCUT2D eigenvalue weighted by Gasteiger charge is -2.18. The maximum Gasteiger partial charge on any atom is 0.341 e. The van der Waals surface area contributed by atoms with Crippen molar-refractivity contribution >= 4 is 28.5 Å². The van der Waals surface area contributed by atoms with E-state index >= 15 is 0 Å². The highest BCUT2D eigenvalue weighted by molar-refractivity contribution is 7.16. The molecular weight excluding hydrogens is 338 g/mol. The van der Waals surface area contributed by atoms with Crippen LogP contribution in [0.25, 0.3) is 0 Å². The summed E-state index contributed by atoms with van der Waals surface area (Å²) in [5, 5.41) is 10.8. The van der Waals surface area contributed by atoms with Gasteiger partial charge in [-0.1, -0.05) is 13.0 Å². The Morgan fingerprint density at radius 3 is 2.92 bits per heavy atom. The number of carbonyl (C=O) groups is 1. The second kappa shape index (κ2) is 7.27. The number of aliphatic imine (C=N–C) groups is 1. The van der Waals surface area contributed by atoms with Crippen molar-refractivity contribution in [1.29, 1.82) is 0 Å². The number of aromatic hydroxyl groups is 1. The third-order valence-corrected chi connectivity index (χ3v) is 5.62. The van der Waals surface area contributed by atoms with Crippen LogP contribution in [0.5, 0.6) is 11.5 Å². The Balaban J connectivity index is 2.01. The lowest BCUT2D eigenvalue weighted by molar-refractivity contribution is 0.0600. The molecule has 0 aliphatic heterocycles. The molecule has 0 fully saturated rings. The number of hydrogen-bond donors (Lipinski definition) is 1. The third-order valence-electron chi connectivity index (χ3n) is 4.45. The summed E-state index contributed by atoms with van der Waals surface area (Å²) in [6.45, 7) is 2.22. The molecule has 1 N–H and O–H groups in total. The Hall–Kier alpha value is -2.34. The van der Waals surface area contributed by atoms with Gasteiger partial charge in [0.05, 0.1) is 19.8 Å². The molecule has 1 aromatic carbocycles. The van der Waals surface area contributed by atoms with E-state index in [0.29, 0.717) is 27.8 Å². The van der Waals surface area contributed by atoms with Crippen molar-refractivity contribution in [3.05, 3.63) is 39.8 Å². The fourth-order valence-electron chi connectivity index (χ4n) is 3.08. The quantitative estimate of drug-likeness (QED) is 0.658. The van der Waals surface area contributed by atoms with Gasteiger partial charge in [-0.05, 0) is 42.9 Å². The van der Waals surface area contributed by atoms with Crippen LogP contribution in [0, 0.1) is 5.92 Å². The lowest BCUT2D eigenvalue weighted by atomic mass is 9.88. The van der Waals surface area contributed by atoms with E-state index in [4.69, 9.17) is 9.47 Å². The molecule has 132 valence electrons. The van der Waals surface area contributed by atoms with Crippen LogP contribution in [0.15, 0.2) is 23.2 Å². The van der Waals surface area contributed by atoms with E-state index in [9.17, 15) is 9.90 Å². The van der Waals surface area contributed by atoms with Crippen LogP contribution in [0.3, 0.4) is 0 Å². The van der Waals surface area contributed by atoms with Crippen molar-refractivity contribution in [2.45, 2.75) is 26.2 Å². The molecule has 0 saturated carbocycles. The van der Waals surface area contributed by atoms with Gasteiger partial charge in [-0.15, -0.1) is 11.3 Å². The van der Waals surface area contributed by atoms with Crippen LogP contribution < -0.4 is 4.74 Å². The summed E-state index contributed by atoms with van der Waals surface area (Å²) >= 11 is 1.53. The topological polar surface area (TPSA) is 68.1 Å². The van der Waals surface area contributed by atoms with Crippen LogP contribution in [0.1, 0.15) is 39.7 Å². The molecule has 6 heteroatoms. The zero-order valence-corrected chi connectivity index (χ0v) is 15.4. The molecule has 1 aliphatic rings. The van der Waals surface area contributed by atoms with Crippen LogP contribution in [-0.4, -0.2) is 31.5 Å². The van der Waals surface area contributed by atoms with Gasteiger partial charge in [-0.3, -0.25) is 0 Å². The normalized spacial score (nSPS) is 16.7. The van der Waals surface area contributed by atoms with Crippen LogP contribution in [-0.2, 0) is 17.6 Å². The van der Waals surface area contributed by atoms with E-state index in [1.54, 1.807) is 24.4 Å². The fraction of sp³-hybridized carbons (Fsp3) is 0.368. The Labute approximate surface area is 150 Å². The first-order chi connectivity index (χ1) is 12.0. The number of thiophene rings is 1. The van der Waals surface area contributed by atoms with Crippen LogP contribution in [0.4, 0.5) is 5.00 Å². The van der Waals surface area contributed by atoms with Crippen molar-refractivity contribution in [3.63, 3.8) is 0 Å². The van der Waals surface area contributed by atoms with E-state index in [-0.39, 0.29) is 11.7 Å². The Morgan fingerprint density at radius 1 is 1.40 bits per heavy atom. The largest absolute Gasteiger partial charge is 0.504 e. The van der Waals surface area contributed by atoms with E-state index < -0.39 is 0 Å². The number of nitrogens with zero attached hydrogens (tertiary/aromatic N) is 1. The minimum Gasteiger partial charge on any atom is -0.504 e. The number of methoxy groups -OCH3 is 2. The van der Waals surface area contributed by atoms with Gasteiger partial charge in [-0.25, -0.2) is 9.79 Å². The number of benzene rings is 1. The van der Waals surface area contributed by atoms with E-state index in [0.717, 1.165) is 24.8 Å². The molecule has 0 radical (unpaired) electrons. The number of fused-ring (bicyclic) bond motifs is 1. The monoisotopic (exact) mass is 359 g/mol. The molecule has 0 spiro atoms. The zero-order chi connectivity index (χ0) is 18.0. The van der Waals surface area contributed by atoms with E-state index in [1.165, 1.54) is 30.4 Å². The van der Waals surface area contributed by atoms with Crippen molar-refractivity contribution in [3.8, 4) is 11.5 Å². The summed E-state index contributed by atoms with van der Waals surface area (Å²) in [5.41, 5.74) is 2.17. The summed E-state index contributed by atoms with van der Waals surface area (Å²) in [4.78, 5) is 18.0. The second-order valence-electron chi connectivity index (χ2n) is 6.18. The number of para-hydroxylation sites is 1. The SMILES string of the molecule is COC(=O)c1c(/N=C/c2cccc(OC)c2O)sc2c1CC[C@@H](C)C2. The number of rotatable bonds is 4. The van der Waals surface area contributed by atoms with E-state index in [1.807, 2.05) is 0 Å². The number of phenolic OH excluding ortho intramolecular Hbond substituents is 1. The highest BCUT2D eigenvalue weighted by Crippen LogP contribution is 2.41. The Morgan fingerprint density at radius 2 is 2.20 bits per heavy atom. The summed E-state index contributed by atoms with van der Waals surface area (Å²) < 4.78 is 10.1. The number of carbonyl (C=O) groups excluding carboxylic acids is 1. The van der Waals surface area contributed by atoms with Gasteiger partial charge >= 0.3 is 5.97 Å². The zero-order valence-electron chi connectivity index (χ0n) is 14.5. The second-order valence-corrected chi connectivity index (χ2v) is 7.26. The number of phenols is 1. The maximum absolute atomic E-state index is 12.3. The van der Waals surface area contributed by atoms with Gasteiger partial charge in [0.25, 0.3) is 0 Å². The molecule has 5 nitrogen and oxygen atoms in total. The molecule has 25 heavy (non-hydrogen) atoms. The average Bonchev–Trinajstić information content (AvgIpc) is 2.97. The van der Waals surface area contributed by atoms with Gasteiger partial charge in [0.1, 0.15) is 5.00 Å². The summed E-state index contributed by atoms with van der Waals surface area (Å²) in [5.74, 6) is 0.671. The smallest absolute Gasteiger partial charge is 0.341 e. The van der Waals surface area contributed by atoms with Crippen LogP contribution in [0.2, 0.25) is 0 Å². The first-order valence-electron chi connectivity index (χ1n) is 8.18.